The lowest BCUT2D eigenvalue weighted by Gasteiger charge is -2.36. The number of hydrogen-bond donors (Lipinski definition) is 1. The van der Waals surface area contributed by atoms with Crippen LogP contribution in [0.4, 0.5) is 37.7 Å². The van der Waals surface area contributed by atoms with Gasteiger partial charge in [-0.2, -0.15) is 4.31 Å². The normalized spacial score (nSPS) is 15.9. The van der Waals surface area contributed by atoms with Crippen molar-refractivity contribution in [3.8, 4) is 0 Å². The van der Waals surface area contributed by atoms with Crippen molar-refractivity contribution in [3.63, 3.8) is 0 Å². The van der Waals surface area contributed by atoms with Gasteiger partial charge < -0.3 is 15.1 Å². The smallest absolute Gasteiger partial charge is 0.253 e. The van der Waals surface area contributed by atoms with Crippen molar-refractivity contribution in [2.75, 3.05) is 43.9 Å². The van der Waals surface area contributed by atoms with E-state index in [1.54, 1.807) is 14.1 Å². The van der Waals surface area contributed by atoms with Gasteiger partial charge in [0.1, 0.15) is 17.2 Å². The topological polar surface area (TPSA) is 107 Å². The Morgan fingerprint density at radius 1 is 0.857 bits per heavy atom. The first-order chi connectivity index (χ1) is 26.1. The number of carbonyl (C=O) groups is 1. The first-order valence-corrected chi connectivity index (χ1v) is 19.5. The third-order valence-corrected chi connectivity index (χ3v) is 12.1. The molecule has 1 saturated carbocycles. The maximum Gasteiger partial charge on any atom is 0.253 e. The summed E-state index contributed by atoms with van der Waals surface area (Å²) in [6, 6.07) is 10.7. The van der Waals surface area contributed by atoms with Gasteiger partial charge in [-0.25, -0.2) is 34.8 Å². The van der Waals surface area contributed by atoms with Crippen LogP contribution in [0.3, 0.4) is 0 Å². The van der Waals surface area contributed by atoms with E-state index in [-0.39, 0.29) is 58.6 Å². The highest BCUT2D eigenvalue weighted by Gasteiger charge is 2.39. The second-order valence-corrected chi connectivity index (χ2v) is 17.4. The third kappa shape index (κ3) is 8.50. The van der Waals surface area contributed by atoms with E-state index in [4.69, 9.17) is 0 Å². The molecule has 56 heavy (non-hydrogen) atoms. The first-order valence-electron chi connectivity index (χ1n) is 18.1. The fraction of sp³-hybridized carbons (Fsp3) is 0.425. The molecule has 1 fully saturated rings. The van der Waals surface area contributed by atoms with Crippen LogP contribution in [0.15, 0.2) is 56.9 Å². The highest BCUT2D eigenvalue weighted by molar-refractivity contribution is 7.89. The molecule has 0 aliphatic heterocycles. The summed E-state index contributed by atoms with van der Waals surface area (Å²) in [5.74, 6) is -14.1. The number of amides is 1. The minimum absolute atomic E-state index is 0.0798. The second-order valence-electron chi connectivity index (χ2n) is 15.5. The Balaban J connectivity index is 1.53. The lowest BCUT2D eigenvalue weighted by molar-refractivity contribution is -0.132. The molecule has 2 unspecified atom stereocenters. The monoisotopic (exact) mass is 806 g/mol. The molecule has 1 aliphatic carbocycles. The maximum atomic E-state index is 15.0. The maximum absolute atomic E-state index is 15.0. The highest BCUT2D eigenvalue weighted by atomic mass is 32.2. The van der Waals surface area contributed by atoms with Crippen molar-refractivity contribution in [1.29, 1.82) is 0 Å². The Kier molecular flexibility index (Phi) is 12.4. The zero-order chi connectivity index (χ0) is 41.4. The standard InChI is InChI=1S/C40H44F6N4O5S/c1-22-12-13-27(22)25-16-23(17-26(18-25)40(2,3)4)19-49(15-9-14-47-35-36(48(5)6)38(53)37(35)52)29(51)21-50(20-24-10-7-8-11-28(24)41)56(54,55)39-33(45)31(43)30(42)32(44)34(39)46/h7-8,10-11,16-18,22,27,47H,9,12-15,19-21H2,1-6H3. The summed E-state index contributed by atoms with van der Waals surface area (Å²) >= 11 is 0. The van der Waals surface area contributed by atoms with Crippen molar-refractivity contribution in [1.82, 2.24) is 9.21 Å². The van der Waals surface area contributed by atoms with Crippen LogP contribution in [-0.2, 0) is 33.3 Å². The van der Waals surface area contributed by atoms with Gasteiger partial charge in [0.15, 0.2) is 28.2 Å². The molecule has 0 radical (unpaired) electrons. The summed E-state index contributed by atoms with van der Waals surface area (Å²) in [5.41, 5.74) is 0.992. The number of sulfonamides is 1. The van der Waals surface area contributed by atoms with E-state index >= 15 is 8.78 Å². The summed E-state index contributed by atoms with van der Waals surface area (Å²) in [6.07, 6.45) is 2.17. The number of hydrogen-bond acceptors (Lipinski definition) is 7. The van der Waals surface area contributed by atoms with E-state index in [1.165, 1.54) is 21.9 Å². The molecule has 16 heteroatoms. The fourth-order valence-electron chi connectivity index (χ4n) is 6.82. The minimum atomic E-state index is -5.71. The van der Waals surface area contributed by atoms with Crippen LogP contribution in [0.1, 0.15) is 75.1 Å². The number of nitrogens with one attached hydrogen (secondary N) is 1. The Labute approximate surface area is 321 Å². The largest absolute Gasteiger partial charge is 0.380 e. The molecule has 9 nitrogen and oxygen atoms in total. The van der Waals surface area contributed by atoms with Gasteiger partial charge in [0.25, 0.3) is 10.9 Å². The number of carbonyl (C=O) groups excluding carboxylic acids is 1. The van der Waals surface area contributed by atoms with Crippen LogP contribution < -0.4 is 21.1 Å². The van der Waals surface area contributed by atoms with Crippen molar-refractivity contribution < 1.29 is 39.6 Å². The fourth-order valence-corrected chi connectivity index (χ4v) is 8.30. The summed E-state index contributed by atoms with van der Waals surface area (Å²) in [5, 5.41) is 2.91. The molecule has 0 heterocycles. The predicted octanol–water partition coefficient (Wildman–Crippen LogP) is 6.72. The molecule has 1 N–H and O–H groups in total. The molecular formula is C40H44F6N4O5S. The average molecular weight is 807 g/mol. The van der Waals surface area contributed by atoms with E-state index in [9.17, 15) is 40.4 Å². The average Bonchev–Trinajstić information content (AvgIpc) is 3.12. The molecule has 302 valence electrons. The van der Waals surface area contributed by atoms with Crippen LogP contribution in [0.5, 0.6) is 0 Å². The molecule has 4 aromatic rings. The van der Waals surface area contributed by atoms with Crippen molar-refractivity contribution in [3.05, 3.63) is 120 Å². The van der Waals surface area contributed by atoms with Crippen molar-refractivity contribution in [2.45, 2.75) is 76.3 Å². The van der Waals surface area contributed by atoms with Gasteiger partial charge in [0.2, 0.25) is 21.7 Å². The van der Waals surface area contributed by atoms with Crippen molar-refractivity contribution >= 4 is 27.3 Å². The van der Waals surface area contributed by atoms with Crippen LogP contribution in [0, 0.1) is 40.8 Å². The summed E-state index contributed by atoms with van der Waals surface area (Å²) in [7, 11) is -2.52. The molecule has 1 amide bonds. The van der Waals surface area contributed by atoms with Crippen LogP contribution in [0.25, 0.3) is 0 Å². The van der Waals surface area contributed by atoms with Gasteiger partial charge in [-0.05, 0) is 59.3 Å². The Morgan fingerprint density at radius 3 is 2.04 bits per heavy atom. The summed E-state index contributed by atoms with van der Waals surface area (Å²) < 4.78 is 116. The molecular weight excluding hydrogens is 763 g/mol. The number of benzene rings is 3. The zero-order valence-corrected chi connectivity index (χ0v) is 32.7. The third-order valence-electron chi connectivity index (χ3n) is 10.3. The number of anilines is 2. The Morgan fingerprint density at radius 2 is 1.48 bits per heavy atom. The molecule has 0 saturated heterocycles. The van der Waals surface area contributed by atoms with E-state index in [2.05, 4.69) is 18.3 Å². The first kappa shape index (κ1) is 42.4. The van der Waals surface area contributed by atoms with E-state index < -0.39 is 79.7 Å². The van der Waals surface area contributed by atoms with Gasteiger partial charge >= 0.3 is 0 Å². The van der Waals surface area contributed by atoms with Crippen LogP contribution in [0.2, 0.25) is 0 Å². The molecule has 0 aromatic heterocycles. The zero-order valence-electron chi connectivity index (χ0n) is 31.9. The van der Waals surface area contributed by atoms with Gasteiger partial charge in [-0.15, -0.1) is 0 Å². The summed E-state index contributed by atoms with van der Waals surface area (Å²) in [4.78, 5) is 39.2. The lowest BCUT2D eigenvalue weighted by Crippen LogP contribution is -2.44. The molecule has 1 aliphatic rings. The molecule has 5 rings (SSSR count). The minimum Gasteiger partial charge on any atom is -0.380 e. The highest BCUT2D eigenvalue weighted by Crippen LogP contribution is 2.43. The summed E-state index contributed by atoms with van der Waals surface area (Å²) in [6.45, 7) is 5.97. The number of nitrogens with zero attached hydrogens (tertiary/aromatic N) is 3. The molecule has 0 bridgehead atoms. The molecule has 0 spiro atoms. The molecule has 2 atom stereocenters. The lowest BCUT2D eigenvalue weighted by atomic mass is 9.70. The van der Waals surface area contributed by atoms with Gasteiger partial charge in [0.05, 0.1) is 6.54 Å². The van der Waals surface area contributed by atoms with Gasteiger partial charge in [-0.3, -0.25) is 14.4 Å². The Hall–Kier alpha value is -4.70. The number of rotatable bonds is 15. The van der Waals surface area contributed by atoms with Gasteiger partial charge in [-0.1, -0.05) is 64.1 Å². The SMILES string of the molecule is CC1CCC1c1cc(CN(CCCNc2c(N(C)C)c(=O)c2=O)C(=O)CN(Cc2ccccc2F)S(=O)(=O)c2c(F)c(F)c(F)c(F)c2F)cc(C(C)(C)C)c1. The predicted molar refractivity (Wildman–Crippen MR) is 201 cm³/mol. The molecule has 4 aromatic carbocycles. The van der Waals surface area contributed by atoms with Gasteiger partial charge in [0, 0.05) is 45.8 Å². The van der Waals surface area contributed by atoms with Crippen LogP contribution >= 0.6 is 0 Å². The van der Waals surface area contributed by atoms with E-state index in [0.717, 1.165) is 36.1 Å². The van der Waals surface area contributed by atoms with Crippen LogP contribution in [-0.4, -0.2) is 57.3 Å². The van der Waals surface area contributed by atoms with E-state index in [0.29, 0.717) is 11.5 Å². The number of halogens is 6. The second kappa shape index (κ2) is 16.4. The quantitative estimate of drug-likeness (QED) is 0.0468. The van der Waals surface area contributed by atoms with Crippen molar-refractivity contribution in [2.24, 2.45) is 5.92 Å². The Bertz CT molecular complexity index is 2290. The van der Waals surface area contributed by atoms with E-state index in [1.807, 2.05) is 32.9 Å².